The molecule has 100 valence electrons. The molecule has 0 atom stereocenters. The van der Waals surface area contributed by atoms with Gasteiger partial charge in [0.2, 0.25) is 0 Å². The first-order chi connectivity index (χ1) is 9.74. The van der Waals surface area contributed by atoms with E-state index in [0.29, 0.717) is 10.6 Å². The van der Waals surface area contributed by atoms with E-state index in [1.54, 1.807) is 24.3 Å². The minimum absolute atomic E-state index is 0.340. The van der Waals surface area contributed by atoms with Crippen molar-refractivity contribution in [2.24, 2.45) is 0 Å². The number of hydrogen-bond acceptors (Lipinski definition) is 6. The van der Waals surface area contributed by atoms with Crippen molar-refractivity contribution in [3.05, 3.63) is 52.5 Å². The predicted octanol–water partition coefficient (Wildman–Crippen LogP) is 2.25. The number of nitrogens with zero attached hydrogens (tertiary/aromatic N) is 4. The van der Waals surface area contributed by atoms with Crippen LogP contribution in [0, 0.1) is 6.92 Å². The molecule has 0 fully saturated rings. The summed E-state index contributed by atoms with van der Waals surface area (Å²) in [5.74, 6) is 0.146. The standard InChI is InChI=1S/C13H10N4O2S/c1-9-6-7-20-12(9)13(18)19-11-4-2-10(3-5-11)17-8-14-15-16-17/h2-8H,1H3. The highest BCUT2D eigenvalue weighted by Gasteiger charge is 2.13. The van der Waals surface area contributed by atoms with Crippen LogP contribution in [-0.2, 0) is 0 Å². The number of aryl methyl sites for hydroxylation is 1. The van der Waals surface area contributed by atoms with E-state index in [4.69, 9.17) is 4.74 Å². The van der Waals surface area contributed by atoms with Crippen LogP contribution in [0.5, 0.6) is 5.75 Å². The SMILES string of the molecule is Cc1ccsc1C(=O)Oc1ccc(-n2cnnn2)cc1. The number of rotatable bonds is 3. The van der Waals surface area contributed by atoms with E-state index in [1.807, 2.05) is 18.4 Å². The van der Waals surface area contributed by atoms with Crippen molar-refractivity contribution in [3.63, 3.8) is 0 Å². The van der Waals surface area contributed by atoms with Gasteiger partial charge < -0.3 is 4.74 Å². The minimum atomic E-state index is -0.340. The Balaban J connectivity index is 1.76. The molecule has 2 aromatic heterocycles. The molecule has 6 nitrogen and oxygen atoms in total. The molecule has 0 aliphatic rings. The second-order valence-electron chi connectivity index (χ2n) is 4.07. The van der Waals surface area contributed by atoms with Gasteiger partial charge in [0.25, 0.3) is 0 Å². The van der Waals surface area contributed by atoms with E-state index in [1.165, 1.54) is 22.3 Å². The van der Waals surface area contributed by atoms with E-state index >= 15 is 0 Å². The van der Waals surface area contributed by atoms with Crippen molar-refractivity contribution in [1.82, 2.24) is 20.2 Å². The molecule has 0 N–H and O–H groups in total. The summed E-state index contributed by atoms with van der Waals surface area (Å²) in [4.78, 5) is 12.6. The normalized spacial score (nSPS) is 10.4. The van der Waals surface area contributed by atoms with E-state index in [9.17, 15) is 4.79 Å². The van der Waals surface area contributed by atoms with Gasteiger partial charge in [0.1, 0.15) is 17.0 Å². The molecule has 0 amide bonds. The molecule has 0 unspecified atom stereocenters. The molecule has 7 heteroatoms. The highest BCUT2D eigenvalue weighted by atomic mass is 32.1. The summed E-state index contributed by atoms with van der Waals surface area (Å²) >= 11 is 1.37. The largest absolute Gasteiger partial charge is 0.422 e. The fraction of sp³-hybridized carbons (Fsp3) is 0.0769. The van der Waals surface area contributed by atoms with Gasteiger partial charge >= 0.3 is 5.97 Å². The van der Waals surface area contributed by atoms with Crippen molar-refractivity contribution in [1.29, 1.82) is 0 Å². The third-order valence-electron chi connectivity index (χ3n) is 2.71. The number of benzene rings is 1. The molecule has 3 aromatic rings. The number of carbonyl (C=O) groups excluding carboxylic acids is 1. The molecule has 0 saturated heterocycles. The first-order valence-corrected chi connectivity index (χ1v) is 6.72. The van der Waals surface area contributed by atoms with E-state index in [-0.39, 0.29) is 5.97 Å². The lowest BCUT2D eigenvalue weighted by molar-refractivity contribution is 0.0739. The zero-order chi connectivity index (χ0) is 13.9. The lowest BCUT2D eigenvalue weighted by Crippen LogP contribution is -2.07. The molecular weight excluding hydrogens is 276 g/mol. The minimum Gasteiger partial charge on any atom is -0.422 e. The molecule has 2 heterocycles. The molecule has 3 rings (SSSR count). The fourth-order valence-electron chi connectivity index (χ4n) is 1.68. The number of thiophene rings is 1. The van der Waals surface area contributed by atoms with Crippen LogP contribution >= 0.6 is 11.3 Å². The first kappa shape index (κ1) is 12.5. The Morgan fingerprint density at radius 3 is 2.65 bits per heavy atom. The summed E-state index contributed by atoms with van der Waals surface area (Å²) in [5.41, 5.74) is 1.72. The van der Waals surface area contributed by atoms with Crippen LogP contribution in [0.3, 0.4) is 0 Å². The molecule has 0 bridgehead atoms. The van der Waals surface area contributed by atoms with Gasteiger partial charge in [0.15, 0.2) is 0 Å². The van der Waals surface area contributed by atoms with Crippen molar-refractivity contribution in [3.8, 4) is 11.4 Å². The summed E-state index contributed by atoms with van der Waals surface area (Å²) in [6.45, 7) is 1.88. The summed E-state index contributed by atoms with van der Waals surface area (Å²) in [5, 5.41) is 12.8. The number of hydrogen-bond donors (Lipinski definition) is 0. The van der Waals surface area contributed by atoms with Crippen LogP contribution in [0.2, 0.25) is 0 Å². The Morgan fingerprint density at radius 2 is 2.05 bits per heavy atom. The van der Waals surface area contributed by atoms with Gasteiger partial charge in [-0.25, -0.2) is 9.48 Å². The molecular formula is C13H10N4O2S. The highest BCUT2D eigenvalue weighted by molar-refractivity contribution is 7.12. The van der Waals surface area contributed by atoms with E-state index in [2.05, 4.69) is 15.5 Å². The maximum atomic E-state index is 12.0. The third kappa shape index (κ3) is 2.43. The first-order valence-electron chi connectivity index (χ1n) is 5.84. The summed E-state index contributed by atoms with van der Waals surface area (Å²) in [6.07, 6.45) is 1.50. The second kappa shape index (κ2) is 5.22. The van der Waals surface area contributed by atoms with Crippen molar-refractivity contribution in [2.45, 2.75) is 6.92 Å². The van der Waals surface area contributed by atoms with Gasteiger partial charge in [0.05, 0.1) is 5.69 Å². The lowest BCUT2D eigenvalue weighted by Gasteiger charge is -2.04. The van der Waals surface area contributed by atoms with Gasteiger partial charge in [-0.3, -0.25) is 0 Å². The van der Waals surface area contributed by atoms with Crippen LogP contribution in [0.1, 0.15) is 15.2 Å². The monoisotopic (exact) mass is 286 g/mol. The molecule has 0 spiro atoms. The second-order valence-corrected chi connectivity index (χ2v) is 4.99. The van der Waals surface area contributed by atoms with Crippen molar-refractivity contribution >= 4 is 17.3 Å². The molecule has 20 heavy (non-hydrogen) atoms. The maximum absolute atomic E-state index is 12.0. The topological polar surface area (TPSA) is 69.9 Å². The Morgan fingerprint density at radius 1 is 1.25 bits per heavy atom. The van der Waals surface area contributed by atoms with Crippen LogP contribution in [0.15, 0.2) is 42.0 Å². The Labute approximate surface area is 118 Å². The zero-order valence-electron chi connectivity index (χ0n) is 10.6. The van der Waals surface area contributed by atoms with Gasteiger partial charge in [-0.15, -0.1) is 16.4 Å². The molecule has 0 saturated carbocycles. The smallest absolute Gasteiger partial charge is 0.353 e. The zero-order valence-corrected chi connectivity index (χ0v) is 11.4. The average Bonchev–Trinajstić information content (AvgIpc) is 3.10. The lowest BCUT2D eigenvalue weighted by atomic mass is 10.3. The number of carbonyl (C=O) groups is 1. The fourth-order valence-corrected chi connectivity index (χ4v) is 2.48. The maximum Gasteiger partial charge on any atom is 0.353 e. The Hall–Kier alpha value is -2.54. The quantitative estimate of drug-likeness (QED) is 0.545. The Bertz CT molecular complexity index is 719. The van der Waals surface area contributed by atoms with Crippen LogP contribution in [0.25, 0.3) is 5.69 Å². The number of aromatic nitrogens is 4. The van der Waals surface area contributed by atoms with Gasteiger partial charge in [0, 0.05) is 0 Å². The van der Waals surface area contributed by atoms with Crippen molar-refractivity contribution < 1.29 is 9.53 Å². The average molecular weight is 286 g/mol. The number of tetrazole rings is 1. The van der Waals surface area contributed by atoms with Crippen molar-refractivity contribution in [2.75, 3.05) is 0 Å². The molecule has 0 radical (unpaired) electrons. The summed E-state index contributed by atoms with van der Waals surface area (Å²) in [7, 11) is 0. The molecule has 1 aromatic carbocycles. The van der Waals surface area contributed by atoms with E-state index in [0.717, 1.165) is 11.3 Å². The highest BCUT2D eigenvalue weighted by Crippen LogP contribution is 2.20. The van der Waals surface area contributed by atoms with E-state index < -0.39 is 0 Å². The van der Waals surface area contributed by atoms with Gasteiger partial charge in [-0.2, -0.15) is 0 Å². The third-order valence-corrected chi connectivity index (χ3v) is 3.70. The summed E-state index contributed by atoms with van der Waals surface area (Å²) < 4.78 is 6.85. The number of esters is 1. The van der Waals surface area contributed by atoms with Gasteiger partial charge in [-0.05, 0) is 58.6 Å². The van der Waals surface area contributed by atoms with Gasteiger partial charge in [-0.1, -0.05) is 0 Å². The van der Waals surface area contributed by atoms with Crippen LogP contribution < -0.4 is 4.74 Å². The molecule has 0 aliphatic heterocycles. The number of ether oxygens (including phenoxy) is 1. The summed E-state index contributed by atoms with van der Waals surface area (Å²) in [6, 6.07) is 8.86. The predicted molar refractivity (Wildman–Crippen MR) is 73.2 cm³/mol. The Kier molecular flexibility index (Phi) is 3.26. The van der Waals surface area contributed by atoms with Crippen LogP contribution in [-0.4, -0.2) is 26.2 Å². The van der Waals surface area contributed by atoms with Crippen LogP contribution in [0.4, 0.5) is 0 Å². The molecule has 0 aliphatic carbocycles.